The Morgan fingerprint density at radius 3 is 2.46 bits per heavy atom. The summed E-state index contributed by atoms with van der Waals surface area (Å²) in [5, 5.41) is 2.57. The number of carbonyl (C=O) groups excluding carboxylic acids is 2. The van der Waals surface area contributed by atoms with Crippen molar-refractivity contribution in [1.82, 2.24) is 4.31 Å². The maximum atomic E-state index is 12.2. The third kappa shape index (κ3) is 5.30. The van der Waals surface area contributed by atoms with Crippen molar-refractivity contribution < 1.29 is 27.5 Å². The largest absolute Gasteiger partial charge is 0.483 e. The van der Waals surface area contributed by atoms with Crippen molar-refractivity contribution in [3.05, 3.63) is 54.1 Å². The highest BCUT2D eigenvalue weighted by atomic mass is 32.2. The van der Waals surface area contributed by atoms with Gasteiger partial charge < -0.3 is 14.8 Å². The molecule has 0 spiro atoms. The van der Waals surface area contributed by atoms with Gasteiger partial charge in [-0.1, -0.05) is 18.2 Å². The molecule has 8 nitrogen and oxygen atoms in total. The summed E-state index contributed by atoms with van der Waals surface area (Å²) >= 11 is 0. The van der Waals surface area contributed by atoms with Crippen LogP contribution in [-0.4, -0.2) is 51.9 Å². The van der Waals surface area contributed by atoms with Crippen molar-refractivity contribution in [2.24, 2.45) is 0 Å². The van der Waals surface area contributed by atoms with Crippen LogP contribution in [0.25, 0.3) is 0 Å². The van der Waals surface area contributed by atoms with E-state index in [1.165, 1.54) is 32.3 Å². The Morgan fingerprint density at radius 2 is 1.79 bits per heavy atom. The number of sulfonamides is 1. The van der Waals surface area contributed by atoms with Gasteiger partial charge in [-0.05, 0) is 37.3 Å². The van der Waals surface area contributed by atoms with Crippen LogP contribution in [0.15, 0.2) is 53.4 Å². The number of carbonyl (C=O) groups is 2. The molecule has 0 bridgehead atoms. The molecule has 9 heteroatoms. The van der Waals surface area contributed by atoms with E-state index in [2.05, 4.69) is 5.32 Å². The van der Waals surface area contributed by atoms with Crippen molar-refractivity contribution in [2.45, 2.75) is 11.8 Å². The second kappa shape index (κ2) is 9.34. The highest BCUT2D eigenvalue weighted by Crippen LogP contribution is 2.20. The molecule has 0 unspecified atom stereocenters. The van der Waals surface area contributed by atoms with Crippen LogP contribution in [0.5, 0.6) is 5.75 Å². The van der Waals surface area contributed by atoms with E-state index in [9.17, 15) is 18.0 Å². The van der Waals surface area contributed by atoms with Gasteiger partial charge in [-0.2, -0.15) is 0 Å². The molecule has 0 saturated carbocycles. The number of amides is 1. The number of rotatable bonds is 8. The molecule has 0 fully saturated rings. The van der Waals surface area contributed by atoms with E-state index < -0.39 is 21.9 Å². The molecule has 0 aliphatic rings. The first kappa shape index (κ1) is 21.4. The molecule has 1 amide bonds. The number of anilines is 1. The van der Waals surface area contributed by atoms with Crippen molar-refractivity contribution >= 4 is 27.6 Å². The molecule has 2 rings (SSSR count). The molecular formula is C19H22N2O6S. The van der Waals surface area contributed by atoms with Crippen LogP contribution < -0.4 is 10.1 Å². The maximum Gasteiger partial charge on any atom is 0.341 e. The number of hydrogen-bond donors (Lipinski definition) is 1. The highest BCUT2D eigenvalue weighted by Gasteiger charge is 2.18. The lowest BCUT2D eigenvalue weighted by Crippen LogP contribution is -2.23. The minimum atomic E-state index is -3.61. The number of para-hydroxylation sites is 1. The Morgan fingerprint density at radius 1 is 1.07 bits per heavy atom. The fourth-order valence-electron chi connectivity index (χ4n) is 2.26. The van der Waals surface area contributed by atoms with E-state index in [4.69, 9.17) is 9.47 Å². The molecule has 0 atom stereocenters. The van der Waals surface area contributed by atoms with Crippen LogP contribution in [0.3, 0.4) is 0 Å². The Hall–Kier alpha value is -2.91. The number of nitrogens with one attached hydrogen (secondary N) is 1. The van der Waals surface area contributed by atoms with Gasteiger partial charge in [-0.15, -0.1) is 0 Å². The SMILES string of the molecule is CCOC(=O)c1ccccc1OCC(=O)Nc1cccc(S(=O)(=O)N(C)C)c1. The Balaban J connectivity index is 2.06. The zero-order valence-electron chi connectivity index (χ0n) is 15.8. The molecule has 0 heterocycles. The van der Waals surface area contributed by atoms with Crippen LogP contribution in [0.4, 0.5) is 5.69 Å². The van der Waals surface area contributed by atoms with E-state index in [1.807, 2.05) is 0 Å². The summed E-state index contributed by atoms with van der Waals surface area (Å²) in [5.74, 6) is -0.821. The second-order valence-electron chi connectivity index (χ2n) is 5.87. The minimum Gasteiger partial charge on any atom is -0.483 e. The summed E-state index contributed by atoms with van der Waals surface area (Å²) in [5.41, 5.74) is 0.534. The van der Waals surface area contributed by atoms with Crippen LogP contribution in [-0.2, 0) is 19.6 Å². The molecule has 0 saturated heterocycles. The maximum absolute atomic E-state index is 12.2. The van der Waals surface area contributed by atoms with E-state index in [-0.39, 0.29) is 29.4 Å². The zero-order chi connectivity index (χ0) is 20.7. The molecule has 0 aliphatic heterocycles. The summed E-state index contributed by atoms with van der Waals surface area (Å²) in [7, 11) is -0.760. The average molecular weight is 406 g/mol. The number of esters is 1. The normalized spacial score (nSPS) is 11.1. The second-order valence-corrected chi connectivity index (χ2v) is 8.02. The lowest BCUT2D eigenvalue weighted by atomic mass is 10.2. The molecule has 28 heavy (non-hydrogen) atoms. The molecule has 1 N–H and O–H groups in total. The van der Waals surface area contributed by atoms with Crippen molar-refractivity contribution in [3.63, 3.8) is 0 Å². The summed E-state index contributed by atoms with van der Waals surface area (Å²) in [4.78, 5) is 24.2. The molecule has 0 radical (unpaired) electrons. The van der Waals surface area contributed by atoms with E-state index in [0.29, 0.717) is 5.69 Å². The lowest BCUT2D eigenvalue weighted by molar-refractivity contribution is -0.118. The van der Waals surface area contributed by atoms with Gasteiger partial charge in [0.25, 0.3) is 5.91 Å². The average Bonchev–Trinajstić information content (AvgIpc) is 2.67. The van der Waals surface area contributed by atoms with Gasteiger partial charge in [0.15, 0.2) is 6.61 Å². The van der Waals surface area contributed by atoms with E-state index >= 15 is 0 Å². The van der Waals surface area contributed by atoms with Crippen LogP contribution >= 0.6 is 0 Å². The van der Waals surface area contributed by atoms with E-state index in [0.717, 1.165) is 4.31 Å². The van der Waals surface area contributed by atoms with Crippen molar-refractivity contribution in [1.29, 1.82) is 0 Å². The van der Waals surface area contributed by atoms with Crippen LogP contribution in [0.1, 0.15) is 17.3 Å². The van der Waals surface area contributed by atoms with Crippen LogP contribution in [0, 0.1) is 0 Å². The quantitative estimate of drug-likeness (QED) is 0.674. The van der Waals surface area contributed by atoms with Gasteiger partial charge in [-0.3, -0.25) is 4.79 Å². The number of ether oxygens (including phenoxy) is 2. The Kier molecular flexibility index (Phi) is 7.13. The summed E-state index contributed by atoms with van der Waals surface area (Å²) in [6.45, 7) is 1.56. The standard InChI is InChI=1S/C19H22N2O6S/c1-4-26-19(23)16-10-5-6-11-17(16)27-13-18(22)20-14-8-7-9-15(12-14)28(24,25)21(2)3/h5-12H,4,13H2,1-3H3,(H,20,22). The van der Waals surface area contributed by atoms with Gasteiger partial charge >= 0.3 is 5.97 Å². The summed E-state index contributed by atoms with van der Waals surface area (Å²) in [6.07, 6.45) is 0. The molecule has 0 aromatic heterocycles. The first-order valence-corrected chi connectivity index (χ1v) is 9.91. The molecular weight excluding hydrogens is 384 g/mol. The molecule has 0 aliphatic carbocycles. The number of nitrogens with zero attached hydrogens (tertiary/aromatic N) is 1. The fourth-order valence-corrected chi connectivity index (χ4v) is 3.20. The Labute approximate surface area is 164 Å². The predicted molar refractivity (Wildman–Crippen MR) is 104 cm³/mol. The topological polar surface area (TPSA) is 102 Å². The third-order valence-corrected chi connectivity index (χ3v) is 5.45. The van der Waals surface area contributed by atoms with Gasteiger partial charge in [0.05, 0.1) is 11.5 Å². The van der Waals surface area contributed by atoms with Crippen molar-refractivity contribution in [2.75, 3.05) is 32.6 Å². The monoisotopic (exact) mass is 406 g/mol. The molecule has 150 valence electrons. The Bertz CT molecular complexity index is 956. The van der Waals surface area contributed by atoms with Crippen LogP contribution in [0.2, 0.25) is 0 Å². The lowest BCUT2D eigenvalue weighted by Gasteiger charge is -2.13. The van der Waals surface area contributed by atoms with E-state index in [1.54, 1.807) is 37.3 Å². The predicted octanol–water partition coefficient (Wildman–Crippen LogP) is 2.13. The summed E-state index contributed by atoms with van der Waals surface area (Å²) in [6, 6.07) is 12.3. The van der Waals surface area contributed by atoms with Gasteiger partial charge in [0.2, 0.25) is 10.0 Å². The number of hydrogen-bond acceptors (Lipinski definition) is 6. The first-order chi connectivity index (χ1) is 13.3. The third-order valence-electron chi connectivity index (χ3n) is 3.64. The smallest absolute Gasteiger partial charge is 0.341 e. The fraction of sp³-hybridized carbons (Fsp3) is 0.263. The van der Waals surface area contributed by atoms with Gasteiger partial charge in [0.1, 0.15) is 11.3 Å². The molecule has 2 aromatic rings. The zero-order valence-corrected chi connectivity index (χ0v) is 16.7. The number of benzene rings is 2. The minimum absolute atomic E-state index is 0.0591. The summed E-state index contributed by atoms with van der Waals surface area (Å²) < 4.78 is 35.8. The first-order valence-electron chi connectivity index (χ1n) is 8.47. The van der Waals surface area contributed by atoms with Gasteiger partial charge in [-0.25, -0.2) is 17.5 Å². The van der Waals surface area contributed by atoms with Crippen molar-refractivity contribution in [3.8, 4) is 5.75 Å². The molecule has 2 aromatic carbocycles. The highest BCUT2D eigenvalue weighted by molar-refractivity contribution is 7.89. The van der Waals surface area contributed by atoms with Gasteiger partial charge in [0, 0.05) is 19.8 Å².